The summed E-state index contributed by atoms with van der Waals surface area (Å²) in [6.07, 6.45) is 2.19. The molecule has 0 radical (unpaired) electrons. The van der Waals surface area contributed by atoms with Gasteiger partial charge in [0.15, 0.2) is 5.96 Å². The molecule has 1 aliphatic heterocycles. The Labute approximate surface area is 133 Å². The van der Waals surface area contributed by atoms with Crippen LogP contribution in [0, 0.1) is 5.41 Å². The quantitative estimate of drug-likeness (QED) is 0.371. The fourth-order valence-corrected chi connectivity index (χ4v) is 3.09. The molecule has 0 bridgehead atoms. The first kappa shape index (κ1) is 13.5. The van der Waals surface area contributed by atoms with Crippen molar-refractivity contribution in [3.05, 3.63) is 65.7 Å². The van der Waals surface area contributed by atoms with Gasteiger partial charge in [-0.25, -0.2) is 0 Å². The van der Waals surface area contributed by atoms with Gasteiger partial charge in [0.2, 0.25) is 0 Å². The molecule has 0 spiro atoms. The number of fused-ring (bicyclic) bond motifs is 3. The van der Waals surface area contributed by atoms with Crippen molar-refractivity contribution in [1.29, 1.82) is 5.41 Å². The molecule has 1 aliphatic rings. The highest BCUT2D eigenvalue weighted by Crippen LogP contribution is 2.38. The van der Waals surface area contributed by atoms with Gasteiger partial charge in [-0.05, 0) is 29.3 Å². The number of rotatable bonds is 2. The van der Waals surface area contributed by atoms with Gasteiger partial charge < -0.3 is 21.4 Å². The van der Waals surface area contributed by atoms with Gasteiger partial charge in [-0.3, -0.25) is 5.41 Å². The third kappa shape index (κ3) is 2.32. The van der Waals surface area contributed by atoms with Crippen LogP contribution >= 0.6 is 0 Å². The number of para-hydroxylation sites is 1. The third-order valence-corrected chi connectivity index (χ3v) is 4.01. The number of guanidine groups is 1. The van der Waals surface area contributed by atoms with Crippen molar-refractivity contribution >= 4 is 33.9 Å². The Morgan fingerprint density at radius 1 is 1.13 bits per heavy atom. The molecule has 0 amide bonds. The molecule has 0 saturated heterocycles. The van der Waals surface area contributed by atoms with E-state index in [0.29, 0.717) is 0 Å². The van der Waals surface area contributed by atoms with Crippen molar-refractivity contribution in [2.75, 3.05) is 17.2 Å². The molecular formula is C18H17N5. The van der Waals surface area contributed by atoms with Crippen LogP contribution in [-0.4, -0.2) is 17.5 Å². The number of aromatic nitrogens is 1. The smallest absolute Gasteiger partial charge is 0.190 e. The van der Waals surface area contributed by atoms with Crippen molar-refractivity contribution in [2.24, 2.45) is 5.73 Å². The zero-order valence-electron chi connectivity index (χ0n) is 12.5. The maximum atomic E-state index is 7.38. The Bertz CT molecular complexity index is 935. The zero-order chi connectivity index (χ0) is 15.8. The molecule has 114 valence electrons. The first-order chi connectivity index (χ1) is 11.2. The molecule has 2 aromatic carbocycles. The second kappa shape index (κ2) is 5.21. The van der Waals surface area contributed by atoms with Crippen LogP contribution in [0.4, 0.5) is 11.5 Å². The number of nitrogens with two attached hydrogens (primary N) is 1. The molecule has 23 heavy (non-hydrogen) atoms. The van der Waals surface area contributed by atoms with Gasteiger partial charge in [-0.1, -0.05) is 36.4 Å². The van der Waals surface area contributed by atoms with Gasteiger partial charge in [0.1, 0.15) is 5.82 Å². The summed E-state index contributed by atoms with van der Waals surface area (Å²) < 4.78 is 0. The Morgan fingerprint density at radius 2 is 2.00 bits per heavy atom. The first-order valence-corrected chi connectivity index (χ1v) is 7.49. The van der Waals surface area contributed by atoms with Crippen LogP contribution in [-0.2, 0) is 0 Å². The lowest BCUT2D eigenvalue weighted by atomic mass is 9.94. The molecule has 1 aromatic heterocycles. The van der Waals surface area contributed by atoms with Crippen LogP contribution in [0.5, 0.6) is 0 Å². The predicted molar refractivity (Wildman–Crippen MR) is 95.8 cm³/mol. The van der Waals surface area contributed by atoms with E-state index in [1.54, 1.807) is 0 Å². The molecule has 0 unspecified atom stereocenters. The van der Waals surface area contributed by atoms with E-state index in [-0.39, 0.29) is 5.96 Å². The summed E-state index contributed by atoms with van der Waals surface area (Å²) >= 11 is 0. The standard InChI is InChI=1S/C18H17N5/c19-18(20)22-12-5-3-4-11(10-12)13-8-9-21-17-16(13)14-6-1-2-7-15(14)23-17/h1-8,10,21,23H,9H2,(H4,19,20,22). The third-order valence-electron chi connectivity index (χ3n) is 4.01. The van der Waals surface area contributed by atoms with Crippen molar-refractivity contribution in [3.63, 3.8) is 0 Å². The van der Waals surface area contributed by atoms with Gasteiger partial charge in [0, 0.05) is 28.7 Å². The topological polar surface area (TPSA) is 89.7 Å². The number of benzene rings is 2. The van der Waals surface area contributed by atoms with E-state index in [4.69, 9.17) is 11.1 Å². The van der Waals surface area contributed by atoms with E-state index >= 15 is 0 Å². The molecule has 0 aliphatic carbocycles. The van der Waals surface area contributed by atoms with Gasteiger partial charge >= 0.3 is 0 Å². The van der Waals surface area contributed by atoms with Crippen LogP contribution in [0.15, 0.2) is 54.6 Å². The number of nitrogens with one attached hydrogen (secondary N) is 4. The Kier molecular flexibility index (Phi) is 3.05. The number of aromatic amines is 1. The average molecular weight is 303 g/mol. The Morgan fingerprint density at radius 3 is 2.87 bits per heavy atom. The maximum absolute atomic E-state index is 7.38. The zero-order valence-corrected chi connectivity index (χ0v) is 12.5. The summed E-state index contributed by atoms with van der Waals surface area (Å²) in [5, 5.41) is 14.8. The number of hydrogen-bond acceptors (Lipinski definition) is 2. The van der Waals surface area contributed by atoms with Crippen LogP contribution in [0.1, 0.15) is 11.1 Å². The van der Waals surface area contributed by atoms with Crippen LogP contribution < -0.4 is 16.4 Å². The average Bonchev–Trinajstić information content (AvgIpc) is 2.93. The largest absolute Gasteiger partial charge is 0.370 e. The monoisotopic (exact) mass is 303 g/mol. The normalized spacial score (nSPS) is 13.1. The molecule has 4 rings (SSSR count). The van der Waals surface area contributed by atoms with Crippen molar-refractivity contribution in [3.8, 4) is 0 Å². The molecule has 2 heterocycles. The Balaban J connectivity index is 1.85. The van der Waals surface area contributed by atoms with Gasteiger partial charge in [0.25, 0.3) is 0 Å². The van der Waals surface area contributed by atoms with E-state index in [1.165, 1.54) is 16.5 Å². The Hall–Kier alpha value is -3.21. The number of anilines is 2. The summed E-state index contributed by atoms with van der Waals surface area (Å²) in [6, 6.07) is 16.3. The molecule has 5 nitrogen and oxygen atoms in total. The number of hydrogen-bond donors (Lipinski definition) is 5. The fraction of sp³-hybridized carbons (Fsp3) is 0.0556. The first-order valence-electron chi connectivity index (χ1n) is 7.49. The molecule has 5 heteroatoms. The van der Waals surface area contributed by atoms with E-state index < -0.39 is 0 Å². The van der Waals surface area contributed by atoms with Crippen LogP contribution in [0.3, 0.4) is 0 Å². The SMILES string of the molecule is N=C(N)Nc1cccc(C2=CCNc3[nH]c4ccccc4c32)c1. The predicted octanol–water partition coefficient (Wildman–Crippen LogP) is 3.33. The minimum absolute atomic E-state index is 0.0609. The van der Waals surface area contributed by atoms with E-state index in [0.717, 1.165) is 29.1 Å². The summed E-state index contributed by atoms with van der Waals surface area (Å²) in [5.41, 5.74) is 10.8. The van der Waals surface area contributed by atoms with Crippen LogP contribution in [0.25, 0.3) is 16.5 Å². The summed E-state index contributed by atoms with van der Waals surface area (Å²) in [7, 11) is 0. The minimum atomic E-state index is -0.0609. The molecule has 0 saturated carbocycles. The molecule has 0 atom stereocenters. The second-order valence-electron chi connectivity index (χ2n) is 5.54. The molecule has 0 fully saturated rings. The van der Waals surface area contributed by atoms with Crippen LogP contribution in [0.2, 0.25) is 0 Å². The lowest BCUT2D eigenvalue weighted by molar-refractivity contribution is 1.25. The summed E-state index contributed by atoms with van der Waals surface area (Å²) in [4.78, 5) is 3.44. The van der Waals surface area contributed by atoms with E-state index in [2.05, 4.69) is 46.0 Å². The second-order valence-corrected chi connectivity index (χ2v) is 5.54. The molecular weight excluding hydrogens is 286 g/mol. The van der Waals surface area contributed by atoms with Crippen molar-refractivity contribution < 1.29 is 0 Å². The highest BCUT2D eigenvalue weighted by Gasteiger charge is 2.19. The summed E-state index contributed by atoms with van der Waals surface area (Å²) in [6.45, 7) is 0.777. The summed E-state index contributed by atoms with van der Waals surface area (Å²) in [5.74, 6) is 0.989. The highest BCUT2D eigenvalue weighted by molar-refractivity contribution is 6.04. The van der Waals surface area contributed by atoms with E-state index in [9.17, 15) is 0 Å². The fourth-order valence-electron chi connectivity index (χ4n) is 3.09. The lowest BCUT2D eigenvalue weighted by Crippen LogP contribution is -2.20. The molecule has 3 aromatic rings. The van der Waals surface area contributed by atoms with Crippen molar-refractivity contribution in [2.45, 2.75) is 0 Å². The molecule has 6 N–H and O–H groups in total. The van der Waals surface area contributed by atoms with Gasteiger partial charge in [0.05, 0.1) is 0 Å². The van der Waals surface area contributed by atoms with Crippen molar-refractivity contribution in [1.82, 2.24) is 4.98 Å². The minimum Gasteiger partial charge on any atom is -0.370 e. The van der Waals surface area contributed by atoms with Gasteiger partial charge in [-0.15, -0.1) is 0 Å². The number of H-pyrrole nitrogens is 1. The lowest BCUT2D eigenvalue weighted by Gasteiger charge is -2.17. The van der Waals surface area contributed by atoms with Gasteiger partial charge in [-0.2, -0.15) is 0 Å². The van der Waals surface area contributed by atoms with E-state index in [1.807, 2.05) is 24.3 Å². The maximum Gasteiger partial charge on any atom is 0.190 e. The highest BCUT2D eigenvalue weighted by atomic mass is 15.0.